The normalized spacial score (nSPS) is 10.3. The van der Waals surface area contributed by atoms with Crippen LogP contribution in [0.25, 0.3) is 33.9 Å². The van der Waals surface area contributed by atoms with E-state index in [4.69, 9.17) is 11.4 Å². The Morgan fingerprint density at radius 2 is 1.19 bits per heavy atom. The zero-order valence-electron chi connectivity index (χ0n) is 13.9. The van der Waals surface area contributed by atoms with Crippen LogP contribution < -0.4 is 0 Å². The van der Waals surface area contributed by atoms with Crippen molar-refractivity contribution in [2.75, 3.05) is 0 Å². The largest absolute Gasteiger partial charge is 0.255 e. The summed E-state index contributed by atoms with van der Waals surface area (Å²) < 4.78 is 0. The second kappa shape index (κ2) is 7.00. The summed E-state index contributed by atoms with van der Waals surface area (Å²) >= 11 is 0. The van der Waals surface area contributed by atoms with E-state index in [-0.39, 0.29) is 0 Å². The first-order valence-corrected chi connectivity index (χ1v) is 8.21. The lowest BCUT2D eigenvalue weighted by molar-refractivity contribution is 1.22. The monoisotopic (exact) mass is 332 g/mol. The fourth-order valence-electron chi connectivity index (χ4n) is 2.73. The van der Waals surface area contributed by atoms with Crippen molar-refractivity contribution in [3.05, 3.63) is 97.2 Å². The van der Waals surface area contributed by atoms with Crippen molar-refractivity contribution in [3.8, 4) is 39.8 Å². The maximum atomic E-state index is 7.24. The molecule has 0 spiro atoms. The van der Waals surface area contributed by atoms with E-state index >= 15 is 0 Å². The summed E-state index contributed by atoms with van der Waals surface area (Å²) in [6.45, 7) is 0. The summed E-state index contributed by atoms with van der Waals surface area (Å²) in [4.78, 5) is 13.6. The zero-order chi connectivity index (χ0) is 17.8. The minimum absolute atomic E-state index is 0.748. The van der Waals surface area contributed by atoms with Crippen molar-refractivity contribution >= 4 is 0 Å². The molecule has 26 heavy (non-hydrogen) atoms. The van der Waals surface area contributed by atoms with Gasteiger partial charge >= 0.3 is 0 Å². The molecule has 1 aromatic carbocycles. The Hall–Kier alpha value is -3.77. The smallest absolute Gasteiger partial charge is 0.0900 e. The molecule has 3 nitrogen and oxygen atoms in total. The molecule has 1 radical (unpaired) electrons. The van der Waals surface area contributed by atoms with Gasteiger partial charge in [-0.3, -0.25) is 9.97 Å². The van der Waals surface area contributed by atoms with E-state index in [1.165, 1.54) is 0 Å². The van der Waals surface area contributed by atoms with Crippen LogP contribution in [0.5, 0.6) is 0 Å². The van der Waals surface area contributed by atoms with Crippen LogP contribution in [0.15, 0.2) is 85.2 Å². The maximum absolute atomic E-state index is 7.24. The quantitative estimate of drug-likeness (QED) is 0.505. The molecule has 0 fully saturated rings. The van der Waals surface area contributed by atoms with Gasteiger partial charge in [0.25, 0.3) is 0 Å². The summed E-state index contributed by atoms with van der Waals surface area (Å²) in [5.41, 5.74) is 6.04. The Morgan fingerprint density at radius 1 is 0.615 bits per heavy atom. The highest BCUT2D eigenvalue weighted by Crippen LogP contribution is 2.28. The first-order valence-electron chi connectivity index (χ1n) is 8.21. The summed E-state index contributed by atoms with van der Waals surface area (Å²) in [6, 6.07) is 23.3. The molecule has 3 aromatic heterocycles. The molecular formula is C23H14N3. The topological polar surface area (TPSA) is 38.7 Å². The summed E-state index contributed by atoms with van der Waals surface area (Å²) in [7, 11) is 0. The van der Waals surface area contributed by atoms with E-state index in [0.29, 0.717) is 0 Å². The fourth-order valence-corrected chi connectivity index (χ4v) is 2.73. The van der Waals surface area contributed by atoms with Gasteiger partial charge in [-0.15, -0.1) is 0 Å². The number of pyridine rings is 3. The molecule has 121 valence electrons. The van der Waals surface area contributed by atoms with E-state index in [0.717, 1.165) is 39.5 Å². The number of hydrogen-bond acceptors (Lipinski definition) is 3. The van der Waals surface area contributed by atoms with Crippen LogP contribution in [0.3, 0.4) is 0 Å². The zero-order valence-corrected chi connectivity index (χ0v) is 13.9. The van der Waals surface area contributed by atoms with Gasteiger partial charge in [-0.1, -0.05) is 30.2 Å². The van der Waals surface area contributed by atoms with Crippen LogP contribution in [0.1, 0.15) is 5.56 Å². The molecule has 0 saturated heterocycles. The molecule has 4 rings (SSSR count). The number of benzene rings is 1. The van der Waals surface area contributed by atoms with Crippen molar-refractivity contribution in [3.63, 3.8) is 0 Å². The van der Waals surface area contributed by atoms with E-state index in [9.17, 15) is 0 Å². The van der Waals surface area contributed by atoms with E-state index in [1.807, 2.05) is 72.8 Å². The molecule has 0 saturated carbocycles. The van der Waals surface area contributed by atoms with Crippen LogP contribution >= 0.6 is 0 Å². The highest BCUT2D eigenvalue weighted by atomic mass is 14.8. The third-order valence-electron chi connectivity index (χ3n) is 4.04. The van der Waals surface area contributed by atoms with Crippen LogP contribution in [-0.4, -0.2) is 15.0 Å². The molecular weight excluding hydrogens is 318 g/mol. The van der Waals surface area contributed by atoms with Crippen molar-refractivity contribution in [1.82, 2.24) is 15.0 Å². The summed E-state index contributed by atoms with van der Waals surface area (Å²) in [5.74, 6) is 2.40. The molecule has 0 aliphatic heterocycles. The number of hydrogen-bond donors (Lipinski definition) is 0. The predicted octanol–water partition coefficient (Wildman–Crippen LogP) is 4.81. The third kappa shape index (κ3) is 3.22. The first kappa shape index (κ1) is 15.7. The molecule has 0 N–H and O–H groups in total. The molecule has 3 heterocycles. The van der Waals surface area contributed by atoms with Crippen LogP contribution in [0.2, 0.25) is 0 Å². The Kier molecular flexibility index (Phi) is 4.24. The van der Waals surface area contributed by atoms with Gasteiger partial charge < -0.3 is 0 Å². The minimum atomic E-state index is 0.748. The highest BCUT2D eigenvalue weighted by molar-refractivity contribution is 5.74. The molecule has 0 aliphatic rings. The lowest BCUT2D eigenvalue weighted by atomic mass is 10.0. The van der Waals surface area contributed by atoms with E-state index in [2.05, 4.69) is 15.9 Å². The second-order valence-electron chi connectivity index (χ2n) is 5.76. The fraction of sp³-hybridized carbons (Fsp3) is 0. The Bertz CT molecular complexity index is 1010. The van der Waals surface area contributed by atoms with Gasteiger partial charge in [0.15, 0.2) is 0 Å². The van der Waals surface area contributed by atoms with Gasteiger partial charge in [0, 0.05) is 18.0 Å². The first-order chi connectivity index (χ1) is 12.8. The molecule has 0 bridgehead atoms. The predicted molar refractivity (Wildman–Crippen MR) is 102 cm³/mol. The average Bonchev–Trinajstić information content (AvgIpc) is 2.75. The molecule has 0 atom stereocenters. The summed E-state index contributed by atoms with van der Waals surface area (Å²) in [5, 5.41) is 0. The van der Waals surface area contributed by atoms with Gasteiger partial charge in [-0.05, 0) is 66.1 Å². The molecule has 0 unspecified atom stereocenters. The standard InChI is InChI=1S/C23H14N3/c1-2-17-9-11-18(12-10-17)19-15-22(20-7-3-5-13-24-20)26-23(16-19)21-8-4-6-14-25-21/h3-16H. The van der Waals surface area contributed by atoms with Crippen molar-refractivity contribution in [1.29, 1.82) is 0 Å². The van der Waals surface area contributed by atoms with Crippen molar-refractivity contribution in [2.24, 2.45) is 0 Å². The van der Waals surface area contributed by atoms with Gasteiger partial charge in [0.2, 0.25) is 0 Å². The number of aromatic nitrogens is 3. The lowest BCUT2D eigenvalue weighted by Crippen LogP contribution is -1.93. The Balaban J connectivity index is 1.89. The molecule has 0 aliphatic carbocycles. The molecule has 0 amide bonds. The maximum Gasteiger partial charge on any atom is 0.0900 e. The molecule has 3 heteroatoms. The highest BCUT2D eigenvalue weighted by Gasteiger charge is 2.10. The van der Waals surface area contributed by atoms with Gasteiger partial charge in [0.1, 0.15) is 0 Å². The third-order valence-corrected chi connectivity index (χ3v) is 4.04. The SMILES string of the molecule is [C]#Cc1ccc(-c2cc(-c3ccccn3)nc(-c3ccccn3)c2)cc1. The number of rotatable bonds is 3. The second-order valence-corrected chi connectivity index (χ2v) is 5.76. The average molecular weight is 332 g/mol. The molecule has 4 aromatic rings. The Labute approximate surface area is 152 Å². The minimum Gasteiger partial charge on any atom is -0.255 e. The summed E-state index contributed by atoms with van der Waals surface area (Å²) in [6.07, 6.45) is 10.8. The van der Waals surface area contributed by atoms with E-state index < -0.39 is 0 Å². The van der Waals surface area contributed by atoms with Crippen LogP contribution in [0.4, 0.5) is 0 Å². The number of nitrogens with zero attached hydrogens (tertiary/aromatic N) is 3. The Morgan fingerprint density at radius 3 is 1.65 bits per heavy atom. The lowest BCUT2D eigenvalue weighted by Gasteiger charge is -2.09. The van der Waals surface area contributed by atoms with Gasteiger partial charge in [0.05, 0.1) is 22.8 Å². The van der Waals surface area contributed by atoms with Gasteiger partial charge in [-0.2, -0.15) is 0 Å². The van der Waals surface area contributed by atoms with E-state index in [1.54, 1.807) is 12.4 Å². The van der Waals surface area contributed by atoms with Crippen molar-refractivity contribution in [2.45, 2.75) is 0 Å². The van der Waals surface area contributed by atoms with Crippen molar-refractivity contribution < 1.29 is 0 Å². The van der Waals surface area contributed by atoms with Crippen LogP contribution in [0, 0.1) is 12.3 Å². The van der Waals surface area contributed by atoms with Crippen LogP contribution in [-0.2, 0) is 0 Å². The van der Waals surface area contributed by atoms with Gasteiger partial charge in [-0.25, -0.2) is 4.98 Å².